The molecule has 1 heterocycles. The molecule has 0 aromatic heterocycles. The van der Waals surface area contributed by atoms with E-state index in [4.69, 9.17) is 11.5 Å². The Hall–Kier alpha value is -1.80. The lowest BCUT2D eigenvalue weighted by Gasteiger charge is -2.19. The maximum atomic E-state index is 11.7. The number of sulfonamides is 1. The molecule has 0 aliphatic carbocycles. The number of hydrogen-bond donors (Lipinski definition) is 3. The highest BCUT2D eigenvalue weighted by Gasteiger charge is 2.27. The minimum absolute atomic E-state index is 0.0504. The molecule has 20 heavy (non-hydrogen) atoms. The fourth-order valence-corrected chi connectivity index (χ4v) is 3.15. The summed E-state index contributed by atoms with van der Waals surface area (Å²) in [6.07, 6.45) is 0.700. The zero-order valence-corrected chi connectivity index (χ0v) is 12.0. The van der Waals surface area contributed by atoms with Crippen LogP contribution in [0.1, 0.15) is 6.42 Å². The maximum absolute atomic E-state index is 11.7. The Kier molecular flexibility index (Phi) is 3.87. The van der Waals surface area contributed by atoms with Crippen LogP contribution in [0.3, 0.4) is 0 Å². The van der Waals surface area contributed by atoms with Crippen molar-refractivity contribution in [2.75, 3.05) is 30.8 Å². The highest BCUT2D eigenvalue weighted by atomic mass is 32.2. The number of nitrogens with two attached hydrogens (primary N) is 2. The number of carbonyl (C=O) groups is 1. The number of nitrogen functional groups attached to an aromatic ring is 1. The molecular formula is C12H18N4O3S. The minimum atomic E-state index is -3.56. The Morgan fingerprint density at radius 3 is 2.65 bits per heavy atom. The van der Waals surface area contributed by atoms with Crippen LogP contribution in [0.25, 0.3) is 0 Å². The summed E-state index contributed by atoms with van der Waals surface area (Å²) in [6.45, 7) is 1.23. The van der Waals surface area contributed by atoms with Gasteiger partial charge in [0.15, 0.2) is 0 Å². The van der Waals surface area contributed by atoms with E-state index in [1.165, 1.54) is 13.1 Å². The van der Waals surface area contributed by atoms with Gasteiger partial charge in [0.05, 0.1) is 11.6 Å². The SMILES string of the molecule is CNS(=O)(=O)c1ccc(N2CCC(C(N)=O)C2)cc1N. The second-order valence-corrected chi connectivity index (χ2v) is 6.62. The van der Waals surface area contributed by atoms with Gasteiger partial charge in [-0.1, -0.05) is 0 Å². The van der Waals surface area contributed by atoms with Gasteiger partial charge < -0.3 is 16.4 Å². The highest BCUT2D eigenvalue weighted by molar-refractivity contribution is 7.89. The molecule has 0 bridgehead atoms. The van der Waals surface area contributed by atoms with Crippen LogP contribution in [0.15, 0.2) is 23.1 Å². The summed E-state index contributed by atoms with van der Waals surface area (Å²) < 4.78 is 25.7. The van der Waals surface area contributed by atoms with Gasteiger partial charge in [-0.2, -0.15) is 0 Å². The Bertz CT molecular complexity index is 630. The number of nitrogens with zero attached hydrogens (tertiary/aromatic N) is 1. The van der Waals surface area contributed by atoms with Crippen LogP contribution in [0, 0.1) is 5.92 Å². The second kappa shape index (κ2) is 5.29. The monoisotopic (exact) mass is 298 g/mol. The molecule has 1 aliphatic rings. The molecule has 1 saturated heterocycles. The van der Waals surface area contributed by atoms with Crippen LogP contribution in [-0.2, 0) is 14.8 Å². The summed E-state index contributed by atoms with van der Waals surface area (Å²) in [7, 11) is -2.23. The molecule has 1 atom stereocenters. The molecule has 1 amide bonds. The van der Waals surface area contributed by atoms with Crippen molar-refractivity contribution >= 4 is 27.3 Å². The molecule has 1 unspecified atom stereocenters. The molecule has 1 aromatic rings. The predicted molar refractivity (Wildman–Crippen MR) is 76.6 cm³/mol. The van der Waals surface area contributed by atoms with Crippen molar-refractivity contribution in [3.05, 3.63) is 18.2 Å². The van der Waals surface area contributed by atoms with Crippen molar-refractivity contribution in [1.29, 1.82) is 0 Å². The number of anilines is 2. The maximum Gasteiger partial charge on any atom is 0.242 e. The van der Waals surface area contributed by atoms with Gasteiger partial charge in [0.1, 0.15) is 4.90 Å². The third kappa shape index (κ3) is 2.70. The molecule has 0 saturated carbocycles. The van der Waals surface area contributed by atoms with E-state index in [0.717, 1.165) is 5.69 Å². The van der Waals surface area contributed by atoms with Crippen LogP contribution in [0.5, 0.6) is 0 Å². The first-order valence-corrected chi connectivity index (χ1v) is 7.71. The van der Waals surface area contributed by atoms with Gasteiger partial charge in [-0.25, -0.2) is 13.1 Å². The van der Waals surface area contributed by atoms with E-state index in [-0.39, 0.29) is 22.4 Å². The Morgan fingerprint density at radius 1 is 1.45 bits per heavy atom. The van der Waals surface area contributed by atoms with Crippen molar-refractivity contribution in [1.82, 2.24) is 4.72 Å². The number of benzene rings is 1. The van der Waals surface area contributed by atoms with Crippen LogP contribution >= 0.6 is 0 Å². The number of hydrogen-bond acceptors (Lipinski definition) is 5. The quantitative estimate of drug-likeness (QED) is 0.647. The van der Waals surface area contributed by atoms with E-state index >= 15 is 0 Å². The zero-order valence-electron chi connectivity index (χ0n) is 11.2. The molecular weight excluding hydrogens is 280 g/mol. The summed E-state index contributed by atoms with van der Waals surface area (Å²) in [5, 5.41) is 0. The van der Waals surface area contributed by atoms with Crippen molar-refractivity contribution in [3.8, 4) is 0 Å². The third-order valence-corrected chi connectivity index (χ3v) is 5.00. The minimum Gasteiger partial charge on any atom is -0.398 e. The molecule has 0 radical (unpaired) electrons. The average Bonchev–Trinajstić information content (AvgIpc) is 2.88. The zero-order chi connectivity index (χ0) is 14.9. The summed E-state index contributed by atoms with van der Waals surface area (Å²) >= 11 is 0. The molecule has 1 fully saturated rings. The Labute approximate surface area is 118 Å². The fraction of sp³-hybridized carbons (Fsp3) is 0.417. The van der Waals surface area contributed by atoms with Crippen LogP contribution in [0.4, 0.5) is 11.4 Å². The lowest BCUT2D eigenvalue weighted by atomic mass is 10.1. The number of carbonyl (C=O) groups excluding carboxylic acids is 1. The first kappa shape index (κ1) is 14.6. The van der Waals surface area contributed by atoms with Crippen molar-refractivity contribution < 1.29 is 13.2 Å². The van der Waals surface area contributed by atoms with Crippen molar-refractivity contribution in [2.45, 2.75) is 11.3 Å². The third-order valence-electron chi connectivity index (χ3n) is 3.51. The number of amides is 1. The molecule has 1 aliphatic heterocycles. The molecule has 1 aromatic carbocycles. The lowest BCUT2D eigenvalue weighted by molar-refractivity contribution is -0.121. The van der Waals surface area contributed by atoms with Crippen LogP contribution < -0.4 is 21.1 Å². The van der Waals surface area contributed by atoms with Crippen LogP contribution in [0.2, 0.25) is 0 Å². The lowest BCUT2D eigenvalue weighted by Crippen LogP contribution is -2.27. The number of nitrogens with one attached hydrogen (secondary N) is 1. The van der Waals surface area contributed by atoms with Gasteiger partial charge in [-0.15, -0.1) is 0 Å². The van der Waals surface area contributed by atoms with Gasteiger partial charge in [-0.3, -0.25) is 4.79 Å². The molecule has 7 nitrogen and oxygen atoms in total. The number of rotatable bonds is 4. The summed E-state index contributed by atoms with van der Waals surface area (Å²) in [4.78, 5) is 13.2. The van der Waals surface area contributed by atoms with Crippen molar-refractivity contribution in [3.63, 3.8) is 0 Å². The second-order valence-electron chi connectivity index (χ2n) is 4.76. The van der Waals surface area contributed by atoms with E-state index in [0.29, 0.717) is 19.5 Å². The van der Waals surface area contributed by atoms with E-state index in [2.05, 4.69) is 4.72 Å². The smallest absolute Gasteiger partial charge is 0.242 e. The summed E-state index contributed by atoms with van der Waals surface area (Å²) in [5.41, 5.74) is 12.1. The normalized spacial score (nSPS) is 19.2. The first-order valence-electron chi connectivity index (χ1n) is 6.22. The van der Waals surface area contributed by atoms with E-state index in [1.54, 1.807) is 12.1 Å². The van der Waals surface area contributed by atoms with Gasteiger partial charge in [-0.05, 0) is 31.7 Å². The van der Waals surface area contributed by atoms with Gasteiger partial charge in [0, 0.05) is 18.8 Å². The topological polar surface area (TPSA) is 119 Å². The molecule has 0 spiro atoms. The van der Waals surface area contributed by atoms with E-state index in [1.807, 2.05) is 4.90 Å². The highest BCUT2D eigenvalue weighted by Crippen LogP contribution is 2.28. The Morgan fingerprint density at radius 2 is 2.15 bits per heavy atom. The molecule has 8 heteroatoms. The largest absolute Gasteiger partial charge is 0.398 e. The van der Waals surface area contributed by atoms with Gasteiger partial charge >= 0.3 is 0 Å². The fourth-order valence-electron chi connectivity index (χ4n) is 2.31. The first-order chi connectivity index (χ1) is 9.35. The molecule has 5 N–H and O–H groups in total. The average molecular weight is 298 g/mol. The van der Waals surface area contributed by atoms with Gasteiger partial charge in [0.25, 0.3) is 0 Å². The van der Waals surface area contributed by atoms with Gasteiger partial charge in [0.2, 0.25) is 15.9 Å². The van der Waals surface area contributed by atoms with Crippen LogP contribution in [-0.4, -0.2) is 34.5 Å². The standard InChI is InChI=1S/C12H18N4O3S/c1-15-20(18,19)11-3-2-9(6-10(11)13)16-5-4-8(7-16)12(14)17/h2-3,6,8,15H,4-5,7,13H2,1H3,(H2,14,17). The Balaban J connectivity index is 2.25. The molecule has 110 valence electrons. The summed E-state index contributed by atoms with van der Waals surface area (Å²) in [5.74, 6) is -0.480. The summed E-state index contributed by atoms with van der Waals surface area (Å²) in [6, 6.07) is 4.76. The predicted octanol–water partition coefficient (Wildman–Crippen LogP) is -0.511. The van der Waals surface area contributed by atoms with E-state index < -0.39 is 10.0 Å². The van der Waals surface area contributed by atoms with Crippen molar-refractivity contribution in [2.24, 2.45) is 11.7 Å². The van der Waals surface area contributed by atoms with E-state index in [9.17, 15) is 13.2 Å². The number of primary amides is 1. The molecule has 2 rings (SSSR count).